The summed E-state index contributed by atoms with van der Waals surface area (Å²) in [7, 11) is -2.36. The van der Waals surface area contributed by atoms with E-state index in [1.165, 1.54) is 19.2 Å². The van der Waals surface area contributed by atoms with E-state index in [4.69, 9.17) is 16.3 Å². The van der Waals surface area contributed by atoms with Crippen LogP contribution in [0.25, 0.3) is 10.9 Å². The van der Waals surface area contributed by atoms with Crippen molar-refractivity contribution in [3.63, 3.8) is 0 Å². The zero-order chi connectivity index (χ0) is 25.3. The van der Waals surface area contributed by atoms with E-state index in [9.17, 15) is 13.2 Å². The van der Waals surface area contributed by atoms with Crippen molar-refractivity contribution in [2.45, 2.75) is 29.8 Å². The van der Waals surface area contributed by atoms with Gasteiger partial charge in [0.2, 0.25) is 5.91 Å². The Morgan fingerprint density at radius 2 is 2.00 bits per heavy atom. The molecule has 36 heavy (non-hydrogen) atoms. The fraction of sp³-hybridized carbons (Fsp3) is 0.250. The molecule has 1 fully saturated rings. The third-order valence-corrected chi connectivity index (χ3v) is 9.00. The van der Waals surface area contributed by atoms with Crippen molar-refractivity contribution in [3.8, 4) is 5.75 Å². The predicted octanol–water partition coefficient (Wildman–Crippen LogP) is 3.59. The smallest absolute Gasteiger partial charge is 0.272 e. The maximum Gasteiger partial charge on any atom is 0.272 e. The molecular formula is C24H24ClN5O4S2. The molecule has 3 heterocycles. The third-order valence-electron chi connectivity index (χ3n) is 5.93. The monoisotopic (exact) mass is 545 g/mol. The number of anilines is 1. The highest BCUT2D eigenvalue weighted by Crippen LogP contribution is 2.35. The SMILES string of the molecule is COc1cccc2c1c(NS(=O)(=O)c1ccc(Cl)s1)nn2Cc1cccc(CNC(=O)C2CCN2)c1. The minimum Gasteiger partial charge on any atom is -0.496 e. The summed E-state index contributed by atoms with van der Waals surface area (Å²) in [5, 5.41) is 11.2. The van der Waals surface area contributed by atoms with E-state index in [0.717, 1.165) is 35.4 Å². The van der Waals surface area contributed by atoms with E-state index in [0.29, 0.717) is 34.1 Å². The first-order chi connectivity index (χ1) is 17.3. The second-order valence-electron chi connectivity index (χ2n) is 8.36. The Morgan fingerprint density at radius 1 is 1.22 bits per heavy atom. The molecule has 4 aromatic rings. The number of sulfonamides is 1. The molecule has 1 unspecified atom stereocenters. The maximum atomic E-state index is 13.0. The molecule has 188 valence electrons. The van der Waals surface area contributed by atoms with Crippen molar-refractivity contribution < 1.29 is 17.9 Å². The van der Waals surface area contributed by atoms with Crippen LogP contribution in [0, 0.1) is 0 Å². The summed E-state index contributed by atoms with van der Waals surface area (Å²) in [6.45, 7) is 1.69. The summed E-state index contributed by atoms with van der Waals surface area (Å²) in [6, 6.07) is 16.2. The number of fused-ring (bicyclic) bond motifs is 1. The number of nitrogens with zero attached hydrogens (tertiary/aromatic N) is 2. The molecule has 2 aromatic carbocycles. The molecule has 1 atom stereocenters. The lowest BCUT2D eigenvalue weighted by molar-refractivity contribution is -0.124. The highest BCUT2D eigenvalue weighted by molar-refractivity contribution is 7.94. The van der Waals surface area contributed by atoms with Gasteiger partial charge in [0.05, 0.1) is 34.9 Å². The lowest BCUT2D eigenvalue weighted by Crippen LogP contribution is -2.52. The quantitative estimate of drug-likeness (QED) is 0.296. The summed E-state index contributed by atoms with van der Waals surface area (Å²) in [4.78, 5) is 12.1. The van der Waals surface area contributed by atoms with E-state index in [2.05, 4.69) is 20.5 Å². The van der Waals surface area contributed by atoms with Gasteiger partial charge >= 0.3 is 0 Å². The zero-order valence-corrected chi connectivity index (χ0v) is 21.7. The van der Waals surface area contributed by atoms with Crippen LogP contribution in [-0.2, 0) is 27.9 Å². The van der Waals surface area contributed by atoms with Gasteiger partial charge in [-0.3, -0.25) is 14.2 Å². The molecule has 0 spiro atoms. The number of ether oxygens (including phenoxy) is 1. The molecule has 9 nitrogen and oxygen atoms in total. The van der Waals surface area contributed by atoms with Gasteiger partial charge in [0, 0.05) is 6.54 Å². The Balaban J connectivity index is 1.42. The molecule has 12 heteroatoms. The normalized spacial score (nSPS) is 15.4. The number of amides is 1. The van der Waals surface area contributed by atoms with Crippen LogP contribution in [0.5, 0.6) is 5.75 Å². The van der Waals surface area contributed by atoms with E-state index in [-0.39, 0.29) is 22.0 Å². The van der Waals surface area contributed by atoms with Gasteiger partial charge in [-0.05, 0) is 48.4 Å². The number of hydrogen-bond donors (Lipinski definition) is 3. The molecule has 1 aliphatic heterocycles. The summed E-state index contributed by atoms with van der Waals surface area (Å²) in [5.74, 6) is 0.672. The van der Waals surface area contributed by atoms with Crippen LogP contribution < -0.4 is 20.1 Å². The first-order valence-corrected chi connectivity index (χ1v) is 13.9. The van der Waals surface area contributed by atoms with Gasteiger partial charge in [-0.15, -0.1) is 11.3 Å². The second kappa shape index (κ2) is 10.1. The van der Waals surface area contributed by atoms with Gasteiger partial charge in [0.15, 0.2) is 5.82 Å². The fourth-order valence-corrected chi connectivity index (χ4v) is 6.51. The van der Waals surface area contributed by atoms with Gasteiger partial charge in [0.1, 0.15) is 9.96 Å². The molecule has 3 N–H and O–H groups in total. The number of thiophene rings is 1. The minimum absolute atomic E-state index is 0.000715. The van der Waals surface area contributed by atoms with Crippen LogP contribution in [0.3, 0.4) is 0 Å². The lowest BCUT2D eigenvalue weighted by atomic mass is 10.1. The van der Waals surface area contributed by atoms with Crippen molar-refractivity contribution in [1.82, 2.24) is 20.4 Å². The van der Waals surface area contributed by atoms with Crippen LogP contribution in [0.4, 0.5) is 5.82 Å². The van der Waals surface area contributed by atoms with Gasteiger partial charge in [0.25, 0.3) is 10.0 Å². The summed E-state index contributed by atoms with van der Waals surface area (Å²) >= 11 is 6.91. The van der Waals surface area contributed by atoms with Crippen molar-refractivity contribution in [2.24, 2.45) is 0 Å². The van der Waals surface area contributed by atoms with Crippen molar-refractivity contribution in [2.75, 3.05) is 18.4 Å². The van der Waals surface area contributed by atoms with E-state index in [1.54, 1.807) is 10.7 Å². The maximum absolute atomic E-state index is 13.0. The van der Waals surface area contributed by atoms with Crippen molar-refractivity contribution in [1.29, 1.82) is 0 Å². The molecular weight excluding hydrogens is 522 g/mol. The van der Waals surface area contributed by atoms with E-state index < -0.39 is 10.0 Å². The largest absolute Gasteiger partial charge is 0.496 e. The molecule has 0 aliphatic carbocycles. The zero-order valence-electron chi connectivity index (χ0n) is 19.3. The highest BCUT2D eigenvalue weighted by Gasteiger charge is 2.24. The number of nitrogens with one attached hydrogen (secondary N) is 3. The van der Waals surface area contributed by atoms with Crippen LogP contribution in [0.15, 0.2) is 58.8 Å². The minimum atomic E-state index is -3.89. The van der Waals surface area contributed by atoms with Gasteiger partial charge in [-0.25, -0.2) is 8.42 Å². The number of aromatic nitrogens is 2. The van der Waals surface area contributed by atoms with Crippen molar-refractivity contribution >= 4 is 55.6 Å². The molecule has 0 radical (unpaired) electrons. The summed E-state index contributed by atoms with van der Waals surface area (Å²) in [5.41, 5.74) is 2.63. The average molecular weight is 546 g/mol. The molecule has 2 aromatic heterocycles. The molecule has 0 saturated carbocycles. The number of carbonyl (C=O) groups is 1. The first kappa shape index (κ1) is 24.6. The molecule has 1 saturated heterocycles. The Hall–Kier alpha value is -3.12. The Morgan fingerprint density at radius 3 is 2.69 bits per heavy atom. The lowest BCUT2D eigenvalue weighted by Gasteiger charge is -2.26. The van der Waals surface area contributed by atoms with Crippen LogP contribution >= 0.6 is 22.9 Å². The molecule has 1 amide bonds. The van der Waals surface area contributed by atoms with Crippen LogP contribution in [-0.4, -0.2) is 43.8 Å². The van der Waals surface area contributed by atoms with Crippen molar-refractivity contribution in [3.05, 3.63) is 70.1 Å². The molecule has 1 aliphatic rings. The number of carbonyl (C=O) groups excluding carboxylic acids is 1. The molecule has 0 bridgehead atoms. The second-order valence-corrected chi connectivity index (χ2v) is 12.0. The number of halogens is 1. The van der Waals surface area contributed by atoms with Gasteiger partial charge < -0.3 is 15.4 Å². The number of methoxy groups -OCH3 is 1. The Bertz CT molecular complexity index is 1530. The highest BCUT2D eigenvalue weighted by atomic mass is 35.5. The van der Waals surface area contributed by atoms with Crippen LogP contribution in [0.1, 0.15) is 17.5 Å². The predicted molar refractivity (Wildman–Crippen MR) is 140 cm³/mol. The van der Waals surface area contributed by atoms with Gasteiger partial charge in [-0.1, -0.05) is 41.9 Å². The molecule has 5 rings (SSSR count). The number of rotatable bonds is 9. The van der Waals surface area contributed by atoms with Gasteiger partial charge in [-0.2, -0.15) is 5.10 Å². The summed E-state index contributed by atoms with van der Waals surface area (Å²) < 4.78 is 36.3. The number of benzene rings is 2. The van der Waals surface area contributed by atoms with Crippen LogP contribution in [0.2, 0.25) is 4.34 Å². The Labute approximate surface area is 217 Å². The van der Waals surface area contributed by atoms with E-state index in [1.807, 2.05) is 36.4 Å². The first-order valence-electron chi connectivity index (χ1n) is 11.2. The average Bonchev–Trinajstić information content (AvgIpc) is 3.41. The fourth-order valence-electron chi connectivity index (χ4n) is 4.01. The van der Waals surface area contributed by atoms with E-state index >= 15 is 0 Å². The summed E-state index contributed by atoms with van der Waals surface area (Å²) in [6.07, 6.45) is 0.854. The number of hydrogen-bond acceptors (Lipinski definition) is 7. The third kappa shape index (κ3) is 5.05. The topological polar surface area (TPSA) is 114 Å². The standard InChI is InChI=1S/C24H24ClN5O4S2/c1-34-19-7-3-6-18-22(19)23(29-36(32,33)21-9-8-20(25)35-21)28-30(18)14-16-5-2-4-15(12-16)13-27-24(31)17-10-11-26-17/h2-9,12,17,26H,10-11,13-14H2,1H3,(H,27,31)(H,28,29). The Kier molecular flexibility index (Phi) is 6.89.